The van der Waals surface area contributed by atoms with Gasteiger partial charge in [0, 0.05) is 6.04 Å². The van der Waals surface area contributed by atoms with Gasteiger partial charge in [0.1, 0.15) is 11.6 Å². The van der Waals surface area contributed by atoms with Crippen molar-refractivity contribution in [2.75, 3.05) is 7.11 Å². The number of halogens is 2. The fourth-order valence-corrected chi connectivity index (χ4v) is 2.57. The molecule has 106 valence electrons. The second kappa shape index (κ2) is 7.32. The minimum Gasteiger partial charge on any atom is -0.494 e. The van der Waals surface area contributed by atoms with Crippen LogP contribution in [0.2, 0.25) is 5.02 Å². The van der Waals surface area contributed by atoms with E-state index in [1.807, 2.05) is 19.9 Å². The number of methoxy groups -OCH3 is 1. The second-order valence-electron chi connectivity index (χ2n) is 4.32. The maximum atomic E-state index is 11.8. The maximum Gasteiger partial charge on any atom is 0.262 e. The molecule has 0 saturated heterocycles. The highest BCUT2D eigenvalue weighted by molar-refractivity contribution is 9.10. The van der Waals surface area contributed by atoms with E-state index in [1.54, 1.807) is 12.1 Å². The number of carbonyl (C=O) groups excluding carboxylic acids is 1. The van der Waals surface area contributed by atoms with Gasteiger partial charge in [-0.3, -0.25) is 4.79 Å². The van der Waals surface area contributed by atoms with Gasteiger partial charge >= 0.3 is 0 Å². The van der Waals surface area contributed by atoms with Gasteiger partial charge < -0.3 is 10.1 Å². The molecule has 0 heterocycles. The van der Waals surface area contributed by atoms with Gasteiger partial charge in [-0.1, -0.05) is 11.6 Å². The molecule has 0 radical (unpaired) electrons. The molecular formula is C14H14BrClN2O2. The largest absolute Gasteiger partial charge is 0.494 e. The van der Waals surface area contributed by atoms with Crippen LogP contribution in [0, 0.1) is 11.3 Å². The van der Waals surface area contributed by atoms with Crippen LogP contribution < -0.4 is 10.1 Å². The SMILES string of the molecule is COc1c(Cl)cc(/C=C(/C#N)C(=O)NC(C)C)cc1Br. The molecule has 0 atom stereocenters. The Bertz CT molecular complexity index is 568. The molecule has 1 amide bonds. The minimum atomic E-state index is -0.412. The predicted molar refractivity (Wildman–Crippen MR) is 82.6 cm³/mol. The molecule has 0 spiro atoms. The van der Waals surface area contributed by atoms with Crippen molar-refractivity contribution in [2.24, 2.45) is 0 Å². The van der Waals surface area contributed by atoms with Gasteiger partial charge in [-0.05, 0) is 53.5 Å². The van der Waals surface area contributed by atoms with E-state index in [0.717, 1.165) is 0 Å². The Morgan fingerprint density at radius 1 is 1.55 bits per heavy atom. The highest BCUT2D eigenvalue weighted by Crippen LogP contribution is 2.34. The molecule has 1 N–H and O–H groups in total. The van der Waals surface area contributed by atoms with Gasteiger partial charge in [-0.2, -0.15) is 5.26 Å². The molecule has 0 unspecified atom stereocenters. The summed E-state index contributed by atoms with van der Waals surface area (Å²) in [4.78, 5) is 11.8. The van der Waals surface area contributed by atoms with Crippen LogP contribution in [0.1, 0.15) is 19.4 Å². The summed E-state index contributed by atoms with van der Waals surface area (Å²) in [5, 5.41) is 12.1. The predicted octanol–water partition coefficient (Wildman–Crippen LogP) is 3.54. The molecule has 20 heavy (non-hydrogen) atoms. The molecular weight excluding hydrogens is 344 g/mol. The fraction of sp³-hybridized carbons (Fsp3) is 0.286. The highest BCUT2D eigenvalue weighted by Gasteiger charge is 2.12. The van der Waals surface area contributed by atoms with Gasteiger partial charge in [-0.15, -0.1) is 0 Å². The Labute approximate surface area is 131 Å². The average molecular weight is 358 g/mol. The number of hydrogen-bond donors (Lipinski definition) is 1. The van der Waals surface area contributed by atoms with Crippen molar-refractivity contribution < 1.29 is 9.53 Å². The van der Waals surface area contributed by atoms with Crippen molar-refractivity contribution in [3.05, 3.63) is 32.8 Å². The topological polar surface area (TPSA) is 62.1 Å². The van der Waals surface area contributed by atoms with Crippen molar-refractivity contribution in [3.63, 3.8) is 0 Å². The zero-order valence-electron chi connectivity index (χ0n) is 11.3. The number of hydrogen-bond acceptors (Lipinski definition) is 3. The van der Waals surface area contributed by atoms with Gasteiger partial charge in [0.05, 0.1) is 16.6 Å². The van der Waals surface area contributed by atoms with E-state index < -0.39 is 5.91 Å². The minimum absolute atomic E-state index is 0.0202. The smallest absolute Gasteiger partial charge is 0.262 e. The molecule has 0 aliphatic rings. The van der Waals surface area contributed by atoms with Crippen LogP contribution in [0.15, 0.2) is 22.2 Å². The van der Waals surface area contributed by atoms with Crippen LogP contribution in [0.4, 0.5) is 0 Å². The lowest BCUT2D eigenvalue weighted by Gasteiger charge is -2.09. The molecule has 1 aromatic rings. The summed E-state index contributed by atoms with van der Waals surface area (Å²) in [6.07, 6.45) is 1.48. The summed E-state index contributed by atoms with van der Waals surface area (Å²) < 4.78 is 5.77. The van der Waals surface area contributed by atoms with Crippen LogP contribution in [0.25, 0.3) is 6.08 Å². The normalized spacial score (nSPS) is 11.2. The lowest BCUT2D eigenvalue weighted by atomic mass is 10.1. The number of carbonyl (C=O) groups is 1. The first-order chi connectivity index (χ1) is 9.38. The van der Waals surface area contributed by atoms with E-state index in [1.165, 1.54) is 13.2 Å². The van der Waals surface area contributed by atoms with Gasteiger partial charge in [0.25, 0.3) is 5.91 Å². The molecule has 0 aromatic heterocycles. The molecule has 0 aliphatic carbocycles. The molecule has 1 rings (SSSR count). The van der Waals surface area contributed by atoms with Crippen LogP contribution in [0.3, 0.4) is 0 Å². The summed E-state index contributed by atoms with van der Waals surface area (Å²) in [5.74, 6) is 0.0968. The summed E-state index contributed by atoms with van der Waals surface area (Å²) in [5.41, 5.74) is 0.657. The molecule has 4 nitrogen and oxygen atoms in total. The lowest BCUT2D eigenvalue weighted by molar-refractivity contribution is -0.117. The van der Waals surface area contributed by atoms with E-state index in [0.29, 0.717) is 20.8 Å². The summed E-state index contributed by atoms with van der Waals surface area (Å²) in [6.45, 7) is 3.65. The zero-order chi connectivity index (χ0) is 15.3. The van der Waals surface area contributed by atoms with Crippen molar-refractivity contribution in [1.29, 1.82) is 5.26 Å². The maximum absolute atomic E-state index is 11.8. The summed E-state index contributed by atoms with van der Waals surface area (Å²) in [7, 11) is 1.51. The Morgan fingerprint density at radius 2 is 2.20 bits per heavy atom. The van der Waals surface area contributed by atoms with E-state index in [4.69, 9.17) is 21.6 Å². The highest BCUT2D eigenvalue weighted by atomic mass is 79.9. The number of benzene rings is 1. The molecule has 0 bridgehead atoms. The van der Waals surface area contributed by atoms with Gasteiger partial charge in [0.15, 0.2) is 5.75 Å². The van der Waals surface area contributed by atoms with Gasteiger partial charge in [-0.25, -0.2) is 0 Å². The van der Waals surface area contributed by atoms with Crippen LogP contribution >= 0.6 is 27.5 Å². The first kappa shape index (κ1) is 16.5. The van der Waals surface area contributed by atoms with Crippen molar-refractivity contribution in [2.45, 2.75) is 19.9 Å². The van der Waals surface area contributed by atoms with Crippen LogP contribution in [0.5, 0.6) is 5.75 Å². The third kappa shape index (κ3) is 4.26. The number of nitrogens with one attached hydrogen (secondary N) is 1. The number of rotatable bonds is 4. The molecule has 0 saturated carbocycles. The van der Waals surface area contributed by atoms with E-state index >= 15 is 0 Å². The molecule has 0 fully saturated rings. The third-order valence-corrected chi connectivity index (χ3v) is 3.19. The first-order valence-electron chi connectivity index (χ1n) is 5.84. The first-order valence-corrected chi connectivity index (χ1v) is 7.01. The molecule has 6 heteroatoms. The van der Waals surface area contributed by atoms with Gasteiger partial charge in [0.2, 0.25) is 0 Å². The summed E-state index contributed by atoms with van der Waals surface area (Å²) in [6, 6.07) is 5.20. The number of nitrogens with zero attached hydrogens (tertiary/aromatic N) is 1. The Balaban J connectivity index is 3.15. The monoisotopic (exact) mass is 356 g/mol. The number of amides is 1. The Kier molecular flexibility index (Phi) is 6.05. The average Bonchev–Trinajstić information content (AvgIpc) is 2.34. The van der Waals surface area contributed by atoms with E-state index in [9.17, 15) is 4.79 Å². The Morgan fingerprint density at radius 3 is 2.65 bits per heavy atom. The quantitative estimate of drug-likeness (QED) is 0.662. The van der Waals surface area contributed by atoms with Crippen LogP contribution in [-0.2, 0) is 4.79 Å². The fourth-order valence-electron chi connectivity index (χ4n) is 1.51. The van der Waals surface area contributed by atoms with Crippen molar-refractivity contribution in [1.82, 2.24) is 5.32 Å². The van der Waals surface area contributed by atoms with E-state index in [2.05, 4.69) is 21.2 Å². The lowest BCUT2D eigenvalue weighted by Crippen LogP contribution is -2.30. The molecule has 1 aromatic carbocycles. The standard InChI is InChI=1S/C14H14BrClN2O2/c1-8(2)18-14(19)10(7-17)4-9-5-11(15)13(20-3)12(16)6-9/h4-6,8H,1-3H3,(H,18,19)/b10-4-. The number of ether oxygens (including phenoxy) is 1. The second-order valence-corrected chi connectivity index (χ2v) is 5.58. The summed E-state index contributed by atoms with van der Waals surface area (Å²) >= 11 is 9.38. The van der Waals surface area contributed by atoms with Crippen LogP contribution in [-0.4, -0.2) is 19.1 Å². The zero-order valence-corrected chi connectivity index (χ0v) is 13.7. The van der Waals surface area contributed by atoms with Crippen molar-refractivity contribution >= 4 is 39.5 Å². The Hall–Kier alpha value is -1.51. The van der Waals surface area contributed by atoms with E-state index in [-0.39, 0.29) is 11.6 Å². The third-order valence-electron chi connectivity index (χ3n) is 2.32. The van der Waals surface area contributed by atoms with Crippen molar-refractivity contribution in [3.8, 4) is 11.8 Å². The number of nitriles is 1. The molecule has 0 aliphatic heterocycles.